The summed E-state index contributed by atoms with van der Waals surface area (Å²) in [4.78, 5) is 1.28. The van der Waals surface area contributed by atoms with Crippen molar-refractivity contribution < 1.29 is 0 Å². The molecule has 0 aliphatic carbocycles. The SMILES string of the molecule is CCCCCC(CSc1ccccc1Br)NN. The molecule has 1 atom stereocenters. The Morgan fingerprint density at radius 2 is 2.12 bits per heavy atom. The largest absolute Gasteiger partial charge is 0.271 e. The van der Waals surface area contributed by atoms with E-state index in [1.165, 1.54) is 24.2 Å². The number of halogens is 1. The minimum absolute atomic E-state index is 0.402. The van der Waals surface area contributed by atoms with Crippen LogP contribution in [0.2, 0.25) is 0 Å². The fourth-order valence-electron chi connectivity index (χ4n) is 1.61. The molecule has 0 amide bonds. The lowest BCUT2D eigenvalue weighted by Gasteiger charge is -2.15. The number of nitrogens with two attached hydrogens (primary N) is 1. The second-order valence-corrected chi connectivity index (χ2v) is 6.02. The molecule has 3 N–H and O–H groups in total. The maximum absolute atomic E-state index is 5.58. The van der Waals surface area contributed by atoms with Gasteiger partial charge in [-0.1, -0.05) is 38.3 Å². The first kappa shape index (κ1) is 15.0. The minimum Gasteiger partial charge on any atom is -0.271 e. The van der Waals surface area contributed by atoms with Crippen LogP contribution in [0.1, 0.15) is 32.6 Å². The molecule has 1 unspecified atom stereocenters. The van der Waals surface area contributed by atoms with Crippen molar-refractivity contribution in [2.45, 2.75) is 43.5 Å². The van der Waals surface area contributed by atoms with Crippen molar-refractivity contribution in [3.8, 4) is 0 Å². The topological polar surface area (TPSA) is 38.0 Å². The zero-order valence-electron chi connectivity index (χ0n) is 10.3. The smallest absolute Gasteiger partial charge is 0.0311 e. The van der Waals surface area contributed by atoms with Gasteiger partial charge in [0.15, 0.2) is 0 Å². The zero-order chi connectivity index (χ0) is 12.5. The molecular weight excluding hydrogens is 296 g/mol. The van der Waals surface area contributed by atoms with Crippen molar-refractivity contribution in [2.24, 2.45) is 5.84 Å². The monoisotopic (exact) mass is 316 g/mol. The second kappa shape index (κ2) is 8.97. The number of benzene rings is 1. The highest BCUT2D eigenvalue weighted by atomic mass is 79.9. The van der Waals surface area contributed by atoms with Gasteiger partial charge in [-0.25, -0.2) is 0 Å². The lowest BCUT2D eigenvalue weighted by molar-refractivity contribution is 0.506. The Morgan fingerprint density at radius 1 is 1.35 bits per heavy atom. The highest BCUT2D eigenvalue weighted by molar-refractivity contribution is 9.10. The van der Waals surface area contributed by atoms with E-state index in [-0.39, 0.29) is 0 Å². The first-order chi connectivity index (χ1) is 8.27. The molecule has 0 heterocycles. The van der Waals surface area contributed by atoms with E-state index in [4.69, 9.17) is 5.84 Å². The van der Waals surface area contributed by atoms with E-state index >= 15 is 0 Å². The first-order valence-corrected chi connectivity index (χ1v) is 7.89. The van der Waals surface area contributed by atoms with E-state index in [2.05, 4.69) is 46.5 Å². The van der Waals surface area contributed by atoms with Gasteiger partial charge in [0.25, 0.3) is 0 Å². The number of thioether (sulfide) groups is 1. The zero-order valence-corrected chi connectivity index (χ0v) is 12.7. The molecule has 1 aromatic rings. The van der Waals surface area contributed by atoms with Crippen LogP contribution in [0, 0.1) is 0 Å². The van der Waals surface area contributed by atoms with Crippen LogP contribution in [0.3, 0.4) is 0 Å². The van der Waals surface area contributed by atoms with E-state index in [0.29, 0.717) is 6.04 Å². The predicted molar refractivity (Wildman–Crippen MR) is 80.1 cm³/mol. The maximum atomic E-state index is 5.58. The van der Waals surface area contributed by atoms with Crippen LogP contribution in [-0.4, -0.2) is 11.8 Å². The van der Waals surface area contributed by atoms with Crippen molar-refractivity contribution in [1.82, 2.24) is 5.43 Å². The van der Waals surface area contributed by atoms with E-state index < -0.39 is 0 Å². The summed E-state index contributed by atoms with van der Waals surface area (Å²) in [7, 11) is 0. The number of hydrazine groups is 1. The van der Waals surface area contributed by atoms with Gasteiger partial charge in [-0.05, 0) is 34.5 Å². The molecule has 4 heteroatoms. The summed E-state index contributed by atoms with van der Waals surface area (Å²) in [5.74, 6) is 6.60. The molecule has 2 nitrogen and oxygen atoms in total. The van der Waals surface area contributed by atoms with Crippen LogP contribution in [0.5, 0.6) is 0 Å². The molecule has 1 rings (SSSR count). The van der Waals surface area contributed by atoms with E-state index in [1.807, 2.05) is 17.8 Å². The van der Waals surface area contributed by atoms with Crippen molar-refractivity contribution in [1.29, 1.82) is 0 Å². The Balaban J connectivity index is 2.34. The van der Waals surface area contributed by atoms with Crippen LogP contribution < -0.4 is 11.3 Å². The number of hydrogen-bond donors (Lipinski definition) is 2. The summed E-state index contributed by atoms with van der Waals surface area (Å²) < 4.78 is 1.16. The van der Waals surface area contributed by atoms with Crippen molar-refractivity contribution in [3.63, 3.8) is 0 Å². The fraction of sp³-hybridized carbons (Fsp3) is 0.538. The molecule has 0 bridgehead atoms. The van der Waals surface area contributed by atoms with Crippen LogP contribution in [0.25, 0.3) is 0 Å². The lowest BCUT2D eigenvalue weighted by atomic mass is 10.1. The standard InChI is InChI=1S/C13H21BrN2S/c1-2-3-4-7-11(16-15)10-17-13-9-6-5-8-12(13)14/h5-6,8-9,11,16H,2-4,7,10,15H2,1H3. The van der Waals surface area contributed by atoms with E-state index in [0.717, 1.165) is 16.6 Å². The number of nitrogens with one attached hydrogen (secondary N) is 1. The lowest BCUT2D eigenvalue weighted by Crippen LogP contribution is -2.36. The molecule has 0 aliphatic heterocycles. The number of hydrogen-bond acceptors (Lipinski definition) is 3. The minimum atomic E-state index is 0.402. The average Bonchev–Trinajstić information content (AvgIpc) is 2.35. The van der Waals surface area contributed by atoms with Gasteiger partial charge in [0.05, 0.1) is 0 Å². The van der Waals surface area contributed by atoms with Crippen LogP contribution in [0.15, 0.2) is 33.6 Å². The van der Waals surface area contributed by atoms with Crippen LogP contribution in [0.4, 0.5) is 0 Å². The first-order valence-electron chi connectivity index (χ1n) is 6.11. The summed E-state index contributed by atoms with van der Waals surface area (Å²) in [5.41, 5.74) is 2.91. The Kier molecular flexibility index (Phi) is 7.93. The fourth-order valence-corrected chi connectivity index (χ4v) is 3.26. The van der Waals surface area contributed by atoms with Crippen LogP contribution in [-0.2, 0) is 0 Å². The molecule has 0 saturated heterocycles. The van der Waals surface area contributed by atoms with Gasteiger partial charge < -0.3 is 0 Å². The van der Waals surface area contributed by atoms with Gasteiger partial charge in [0, 0.05) is 21.2 Å². The second-order valence-electron chi connectivity index (χ2n) is 4.10. The summed E-state index contributed by atoms with van der Waals surface area (Å²) >= 11 is 5.41. The predicted octanol–water partition coefficient (Wildman–Crippen LogP) is 3.95. The van der Waals surface area contributed by atoms with Gasteiger partial charge >= 0.3 is 0 Å². The number of unbranched alkanes of at least 4 members (excludes halogenated alkanes) is 2. The Hall–Kier alpha value is -0.0300. The summed E-state index contributed by atoms with van der Waals surface area (Å²) in [6.07, 6.45) is 4.95. The Bertz CT molecular complexity index is 320. The third-order valence-electron chi connectivity index (χ3n) is 2.67. The molecule has 0 fully saturated rings. The third-order valence-corrected chi connectivity index (χ3v) is 4.86. The Morgan fingerprint density at radius 3 is 2.76 bits per heavy atom. The van der Waals surface area contributed by atoms with E-state index in [1.54, 1.807) is 0 Å². The molecule has 17 heavy (non-hydrogen) atoms. The number of rotatable bonds is 8. The molecular formula is C13H21BrN2S. The summed E-state index contributed by atoms with van der Waals surface area (Å²) in [6.45, 7) is 2.22. The summed E-state index contributed by atoms with van der Waals surface area (Å²) in [5, 5.41) is 0. The van der Waals surface area contributed by atoms with Gasteiger partial charge in [-0.3, -0.25) is 11.3 Å². The quantitative estimate of drug-likeness (QED) is 0.330. The Labute approximate surface area is 117 Å². The molecule has 0 spiro atoms. The molecule has 0 saturated carbocycles. The maximum Gasteiger partial charge on any atom is 0.0311 e. The van der Waals surface area contributed by atoms with Gasteiger partial charge in [-0.2, -0.15) is 0 Å². The summed E-state index contributed by atoms with van der Waals surface area (Å²) in [6, 6.07) is 8.71. The van der Waals surface area contributed by atoms with Gasteiger partial charge in [0.2, 0.25) is 0 Å². The average molecular weight is 317 g/mol. The molecule has 0 radical (unpaired) electrons. The van der Waals surface area contributed by atoms with Crippen molar-refractivity contribution in [2.75, 3.05) is 5.75 Å². The normalized spacial score (nSPS) is 12.6. The van der Waals surface area contributed by atoms with E-state index in [9.17, 15) is 0 Å². The highest BCUT2D eigenvalue weighted by Crippen LogP contribution is 2.27. The molecule has 0 aromatic heterocycles. The van der Waals surface area contributed by atoms with Gasteiger partial charge in [0.1, 0.15) is 0 Å². The van der Waals surface area contributed by atoms with Crippen LogP contribution >= 0.6 is 27.7 Å². The molecule has 1 aromatic carbocycles. The van der Waals surface area contributed by atoms with Gasteiger partial charge in [-0.15, -0.1) is 11.8 Å². The van der Waals surface area contributed by atoms with Crippen molar-refractivity contribution in [3.05, 3.63) is 28.7 Å². The third kappa shape index (κ3) is 5.91. The molecule has 96 valence electrons. The van der Waals surface area contributed by atoms with Crippen molar-refractivity contribution >= 4 is 27.7 Å². The highest BCUT2D eigenvalue weighted by Gasteiger charge is 2.08. The molecule has 0 aliphatic rings.